The van der Waals surface area contributed by atoms with Crippen LogP contribution in [0.5, 0.6) is 0 Å². The van der Waals surface area contributed by atoms with Crippen LogP contribution in [0.1, 0.15) is 32.3 Å². The Bertz CT molecular complexity index is 387. The Kier molecular flexibility index (Phi) is 7.71. The Labute approximate surface area is 121 Å². The van der Waals surface area contributed by atoms with Gasteiger partial charge >= 0.3 is 0 Å². The van der Waals surface area contributed by atoms with E-state index in [0.717, 1.165) is 24.9 Å². The number of benzene rings is 1. The third kappa shape index (κ3) is 6.07. The van der Waals surface area contributed by atoms with Crippen molar-refractivity contribution in [2.75, 3.05) is 6.54 Å². The van der Waals surface area contributed by atoms with E-state index in [2.05, 4.69) is 30.4 Å². The van der Waals surface area contributed by atoms with Gasteiger partial charge in [0.2, 0.25) is 0 Å². The molecule has 0 N–H and O–H groups in total. The third-order valence-corrected chi connectivity index (χ3v) is 4.70. The average Bonchev–Trinajstić information content (AvgIpc) is 2.34. The standard InChI is InChI=1S/C14H18Cl2NP/c1-13(2)17(18(15)16)12-8-4-7-11-14-9-5-3-6-10-14/h3,5-6,9-10,13H,4,8,12H2,1-2H3. The highest BCUT2D eigenvalue weighted by atomic mass is 35.9. The highest BCUT2D eigenvalue weighted by molar-refractivity contribution is 8.02. The van der Waals surface area contributed by atoms with E-state index in [1.807, 2.05) is 30.3 Å². The van der Waals surface area contributed by atoms with Crippen LogP contribution in [-0.2, 0) is 0 Å². The second-order valence-electron chi connectivity index (χ2n) is 4.24. The Hall–Kier alpha value is -0.250. The molecule has 0 atom stereocenters. The van der Waals surface area contributed by atoms with Gasteiger partial charge in [0.1, 0.15) is 0 Å². The van der Waals surface area contributed by atoms with Crippen molar-refractivity contribution in [3.05, 3.63) is 35.9 Å². The van der Waals surface area contributed by atoms with Gasteiger partial charge in [0.05, 0.1) is 0 Å². The summed E-state index contributed by atoms with van der Waals surface area (Å²) in [6.45, 7) is 4.08. The minimum atomic E-state index is -1.04. The fraction of sp³-hybridized carbons (Fsp3) is 0.429. The van der Waals surface area contributed by atoms with Crippen LogP contribution in [0.3, 0.4) is 0 Å². The number of unbranched alkanes of at least 4 members (excludes halogenated alkanes) is 1. The second kappa shape index (κ2) is 8.78. The van der Waals surface area contributed by atoms with Crippen molar-refractivity contribution in [2.24, 2.45) is 0 Å². The van der Waals surface area contributed by atoms with Gasteiger partial charge in [-0.3, -0.25) is 4.67 Å². The summed E-state index contributed by atoms with van der Waals surface area (Å²) in [7, 11) is 0. The van der Waals surface area contributed by atoms with Crippen molar-refractivity contribution >= 4 is 29.3 Å². The molecule has 0 unspecified atom stereocenters. The highest BCUT2D eigenvalue weighted by Crippen LogP contribution is 2.51. The van der Waals surface area contributed by atoms with Crippen LogP contribution in [0.15, 0.2) is 30.3 Å². The fourth-order valence-electron chi connectivity index (χ4n) is 1.52. The molecule has 0 spiro atoms. The van der Waals surface area contributed by atoms with Crippen LogP contribution >= 0.6 is 29.3 Å². The first-order valence-electron chi connectivity index (χ1n) is 6.03. The largest absolute Gasteiger partial charge is 0.255 e. The second-order valence-corrected chi connectivity index (χ2v) is 7.63. The summed E-state index contributed by atoms with van der Waals surface area (Å²) < 4.78 is 2.11. The summed E-state index contributed by atoms with van der Waals surface area (Å²) in [6.07, 6.45) is 1.87. The molecule has 0 fully saturated rings. The van der Waals surface area contributed by atoms with Crippen LogP contribution in [0, 0.1) is 11.8 Å². The number of nitrogens with zero attached hydrogens (tertiary/aromatic N) is 1. The molecule has 0 amide bonds. The Balaban J connectivity index is 2.32. The lowest BCUT2D eigenvalue weighted by Gasteiger charge is -2.26. The molecule has 0 aromatic heterocycles. The number of rotatable bonds is 5. The molecule has 0 radical (unpaired) electrons. The van der Waals surface area contributed by atoms with E-state index >= 15 is 0 Å². The topological polar surface area (TPSA) is 3.24 Å². The lowest BCUT2D eigenvalue weighted by molar-refractivity contribution is 0.386. The summed E-state index contributed by atoms with van der Waals surface area (Å²) in [6, 6.07) is 10.4. The lowest BCUT2D eigenvalue weighted by atomic mass is 10.2. The molecular formula is C14H18Cl2NP. The number of hydrogen-bond donors (Lipinski definition) is 0. The predicted molar refractivity (Wildman–Crippen MR) is 83.0 cm³/mol. The van der Waals surface area contributed by atoms with Crippen LogP contribution < -0.4 is 0 Å². The summed E-state index contributed by atoms with van der Waals surface area (Å²) in [4.78, 5) is 0. The van der Waals surface area contributed by atoms with Gasteiger partial charge in [-0.25, -0.2) is 0 Å². The summed E-state index contributed by atoms with van der Waals surface area (Å²) in [5, 5.41) is 0. The third-order valence-electron chi connectivity index (χ3n) is 2.49. The minimum Gasteiger partial charge on any atom is -0.255 e. The van der Waals surface area contributed by atoms with Crippen LogP contribution in [-0.4, -0.2) is 17.3 Å². The molecule has 0 aliphatic heterocycles. The van der Waals surface area contributed by atoms with Crippen LogP contribution in [0.4, 0.5) is 0 Å². The van der Waals surface area contributed by atoms with E-state index in [1.54, 1.807) is 0 Å². The molecule has 18 heavy (non-hydrogen) atoms. The van der Waals surface area contributed by atoms with Gasteiger partial charge in [-0.2, -0.15) is 0 Å². The highest BCUT2D eigenvalue weighted by Gasteiger charge is 2.15. The summed E-state index contributed by atoms with van der Waals surface area (Å²) in [5.41, 5.74) is 1.06. The zero-order valence-electron chi connectivity index (χ0n) is 10.7. The Morgan fingerprint density at radius 3 is 2.44 bits per heavy atom. The van der Waals surface area contributed by atoms with Crippen molar-refractivity contribution in [1.29, 1.82) is 0 Å². The smallest absolute Gasteiger partial charge is 0.160 e. The quantitative estimate of drug-likeness (QED) is 0.409. The zero-order valence-corrected chi connectivity index (χ0v) is 13.1. The molecule has 1 rings (SSSR count). The maximum atomic E-state index is 5.97. The molecule has 0 aliphatic carbocycles. The van der Waals surface area contributed by atoms with Crippen molar-refractivity contribution in [2.45, 2.75) is 32.7 Å². The van der Waals surface area contributed by atoms with Crippen molar-refractivity contribution in [3.8, 4) is 11.8 Å². The molecule has 1 aromatic carbocycles. The van der Waals surface area contributed by atoms with Gasteiger partial charge in [0.15, 0.2) is 6.78 Å². The predicted octanol–water partition coefficient (Wildman–Crippen LogP) is 5.23. The summed E-state index contributed by atoms with van der Waals surface area (Å²) >= 11 is 11.9. The van der Waals surface area contributed by atoms with Crippen LogP contribution in [0.25, 0.3) is 0 Å². The number of hydrogen-bond acceptors (Lipinski definition) is 1. The maximum Gasteiger partial charge on any atom is 0.160 e. The molecule has 0 bridgehead atoms. The molecule has 1 aromatic rings. The SMILES string of the molecule is CC(C)N(CCCC#Cc1ccccc1)P(Cl)Cl. The molecule has 0 heterocycles. The van der Waals surface area contributed by atoms with E-state index in [-0.39, 0.29) is 0 Å². The average molecular weight is 302 g/mol. The van der Waals surface area contributed by atoms with Crippen LogP contribution in [0.2, 0.25) is 0 Å². The molecule has 0 aliphatic rings. The molecular weight excluding hydrogens is 284 g/mol. The molecule has 4 heteroatoms. The van der Waals surface area contributed by atoms with Gasteiger partial charge in [0, 0.05) is 24.6 Å². The van der Waals surface area contributed by atoms with Gasteiger partial charge in [-0.05, 0) is 32.4 Å². The Morgan fingerprint density at radius 2 is 1.89 bits per heavy atom. The Morgan fingerprint density at radius 1 is 1.22 bits per heavy atom. The van der Waals surface area contributed by atoms with Gasteiger partial charge < -0.3 is 0 Å². The lowest BCUT2D eigenvalue weighted by Crippen LogP contribution is -2.24. The van der Waals surface area contributed by atoms with Gasteiger partial charge in [-0.1, -0.05) is 52.5 Å². The van der Waals surface area contributed by atoms with Crippen molar-refractivity contribution in [1.82, 2.24) is 4.67 Å². The van der Waals surface area contributed by atoms with E-state index in [9.17, 15) is 0 Å². The van der Waals surface area contributed by atoms with Crippen molar-refractivity contribution < 1.29 is 0 Å². The van der Waals surface area contributed by atoms with Crippen molar-refractivity contribution in [3.63, 3.8) is 0 Å². The first kappa shape index (κ1) is 15.8. The molecule has 1 nitrogen and oxygen atoms in total. The molecule has 98 valence electrons. The molecule has 0 saturated carbocycles. The monoisotopic (exact) mass is 301 g/mol. The van der Waals surface area contributed by atoms with E-state index in [0.29, 0.717) is 6.04 Å². The zero-order chi connectivity index (χ0) is 13.4. The maximum absolute atomic E-state index is 5.97. The first-order chi connectivity index (χ1) is 8.61. The number of halogens is 2. The van der Waals surface area contributed by atoms with E-state index in [4.69, 9.17) is 22.5 Å². The minimum absolute atomic E-state index is 0.383. The normalized spacial score (nSPS) is 10.8. The fourth-order valence-corrected chi connectivity index (χ4v) is 3.67. The molecule has 0 saturated heterocycles. The first-order valence-corrected chi connectivity index (χ1v) is 9.14. The van der Waals surface area contributed by atoms with E-state index < -0.39 is 6.78 Å². The van der Waals surface area contributed by atoms with Gasteiger partial charge in [-0.15, -0.1) is 0 Å². The van der Waals surface area contributed by atoms with E-state index in [1.165, 1.54) is 0 Å². The van der Waals surface area contributed by atoms with Gasteiger partial charge in [0.25, 0.3) is 0 Å². The summed E-state index contributed by atoms with van der Waals surface area (Å²) in [5.74, 6) is 6.33.